The van der Waals surface area contributed by atoms with Gasteiger partial charge in [0.2, 0.25) is 5.91 Å². The van der Waals surface area contributed by atoms with E-state index in [9.17, 15) is 4.79 Å². The number of amides is 1. The molecule has 1 amide bonds. The zero-order chi connectivity index (χ0) is 14.4. The molecular formula is C16H24N2OS. The van der Waals surface area contributed by atoms with Crippen LogP contribution >= 0.6 is 11.8 Å². The van der Waals surface area contributed by atoms with Crippen molar-refractivity contribution < 1.29 is 4.79 Å². The Bertz CT molecular complexity index is 456. The van der Waals surface area contributed by atoms with Crippen molar-refractivity contribution in [3.63, 3.8) is 0 Å². The first-order valence-corrected chi connectivity index (χ1v) is 8.46. The summed E-state index contributed by atoms with van der Waals surface area (Å²) < 4.78 is 0. The van der Waals surface area contributed by atoms with Crippen LogP contribution in [0.2, 0.25) is 0 Å². The Morgan fingerprint density at radius 1 is 1.30 bits per heavy atom. The molecule has 0 aliphatic carbocycles. The average Bonchev–Trinajstić information content (AvgIpc) is 2.44. The van der Waals surface area contributed by atoms with Crippen molar-refractivity contribution >= 4 is 23.4 Å². The van der Waals surface area contributed by atoms with Crippen molar-refractivity contribution in [1.82, 2.24) is 5.32 Å². The topological polar surface area (TPSA) is 41.1 Å². The second-order valence-electron chi connectivity index (χ2n) is 5.56. The molecule has 0 atom stereocenters. The van der Waals surface area contributed by atoms with Crippen molar-refractivity contribution in [1.29, 1.82) is 0 Å². The number of benzene rings is 1. The van der Waals surface area contributed by atoms with E-state index in [1.54, 1.807) is 11.8 Å². The molecule has 1 aromatic carbocycles. The van der Waals surface area contributed by atoms with Gasteiger partial charge in [-0.2, -0.15) is 11.8 Å². The van der Waals surface area contributed by atoms with Crippen molar-refractivity contribution in [3.8, 4) is 0 Å². The first-order valence-electron chi connectivity index (χ1n) is 7.30. The summed E-state index contributed by atoms with van der Waals surface area (Å²) in [5.41, 5.74) is 3.37. The zero-order valence-electron chi connectivity index (χ0n) is 12.4. The van der Waals surface area contributed by atoms with Gasteiger partial charge < -0.3 is 10.6 Å². The van der Waals surface area contributed by atoms with Gasteiger partial charge in [0.25, 0.3) is 0 Å². The molecule has 4 heteroatoms. The van der Waals surface area contributed by atoms with Gasteiger partial charge in [0.05, 0.1) is 5.75 Å². The van der Waals surface area contributed by atoms with Crippen LogP contribution in [-0.4, -0.2) is 30.5 Å². The summed E-state index contributed by atoms with van der Waals surface area (Å²) in [4.78, 5) is 11.9. The van der Waals surface area contributed by atoms with Gasteiger partial charge in [0.1, 0.15) is 0 Å². The summed E-state index contributed by atoms with van der Waals surface area (Å²) >= 11 is 1.75. The van der Waals surface area contributed by atoms with Gasteiger partial charge in [-0.25, -0.2) is 0 Å². The van der Waals surface area contributed by atoms with Crippen LogP contribution in [0.3, 0.4) is 0 Å². The summed E-state index contributed by atoms with van der Waals surface area (Å²) in [6.45, 7) is 6.40. The number of hydrogen-bond acceptors (Lipinski definition) is 3. The maximum atomic E-state index is 11.9. The van der Waals surface area contributed by atoms with Crippen LogP contribution in [0.5, 0.6) is 0 Å². The third kappa shape index (κ3) is 4.84. The highest BCUT2D eigenvalue weighted by Crippen LogP contribution is 2.18. The lowest BCUT2D eigenvalue weighted by Crippen LogP contribution is -2.29. The van der Waals surface area contributed by atoms with Crippen molar-refractivity contribution in [3.05, 3.63) is 29.3 Å². The number of carbonyl (C=O) groups excluding carboxylic acids is 1. The summed E-state index contributed by atoms with van der Waals surface area (Å²) in [5.74, 6) is 2.53. The number of thioether (sulfide) groups is 1. The summed E-state index contributed by atoms with van der Waals surface area (Å²) in [6.07, 6.45) is 2.48. The number of carbonyl (C=O) groups is 1. The Balaban J connectivity index is 1.70. The molecule has 0 aromatic heterocycles. The molecular weight excluding hydrogens is 268 g/mol. The minimum absolute atomic E-state index is 0.104. The predicted molar refractivity (Wildman–Crippen MR) is 87.5 cm³/mol. The van der Waals surface area contributed by atoms with E-state index < -0.39 is 0 Å². The molecule has 110 valence electrons. The summed E-state index contributed by atoms with van der Waals surface area (Å²) in [5, 5.41) is 6.34. The average molecular weight is 292 g/mol. The van der Waals surface area contributed by atoms with E-state index >= 15 is 0 Å². The van der Waals surface area contributed by atoms with E-state index in [2.05, 4.69) is 24.5 Å². The largest absolute Gasteiger partial charge is 0.325 e. The smallest absolute Gasteiger partial charge is 0.234 e. The molecule has 0 bridgehead atoms. The van der Waals surface area contributed by atoms with Crippen molar-refractivity contribution in [2.45, 2.75) is 26.7 Å². The Morgan fingerprint density at radius 3 is 2.75 bits per heavy atom. The van der Waals surface area contributed by atoms with Crippen LogP contribution in [0.4, 0.5) is 5.69 Å². The summed E-state index contributed by atoms with van der Waals surface area (Å²) in [6, 6.07) is 6.05. The minimum Gasteiger partial charge on any atom is -0.325 e. The van der Waals surface area contributed by atoms with Crippen LogP contribution in [-0.2, 0) is 4.79 Å². The van der Waals surface area contributed by atoms with E-state index in [1.807, 2.05) is 18.2 Å². The fourth-order valence-corrected chi connectivity index (χ4v) is 3.42. The molecule has 0 radical (unpaired) electrons. The number of piperidine rings is 1. The van der Waals surface area contributed by atoms with E-state index in [1.165, 1.54) is 24.0 Å². The molecule has 0 spiro atoms. The molecule has 1 fully saturated rings. The van der Waals surface area contributed by atoms with Crippen LogP contribution in [0.15, 0.2) is 18.2 Å². The van der Waals surface area contributed by atoms with Crippen LogP contribution < -0.4 is 10.6 Å². The normalized spacial score (nSPS) is 16.1. The van der Waals surface area contributed by atoms with Crippen LogP contribution in [0.25, 0.3) is 0 Å². The third-order valence-corrected chi connectivity index (χ3v) is 5.01. The molecule has 1 heterocycles. The van der Waals surface area contributed by atoms with E-state index in [-0.39, 0.29) is 5.91 Å². The molecule has 2 N–H and O–H groups in total. The highest BCUT2D eigenvalue weighted by atomic mass is 32.2. The quantitative estimate of drug-likeness (QED) is 0.876. The van der Waals surface area contributed by atoms with Gasteiger partial charge in [-0.3, -0.25) is 4.79 Å². The SMILES string of the molecule is Cc1ccc(NC(=O)CSCC2CCNCC2)cc1C. The van der Waals surface area contributed by atoms with Crippen molar-refractivity contribution in [2.75, 3.05) is 29.9 Å². The zero-order valence-corrected chi connectivity index (χ0v) is 13.2. The number of hydrogen-bond donors (Lipinski definition) is 2. The number of aryl methyl sites for hydroxylation is 2. The van der Waals surface area contributed by atoms with Gasteiger partial charge in [-0.05, 0) is 74.7 Å². The van der Waals surface area contributed by atoms with Gasteiger partial charge in [0.15, 0.2) is 0 Å². The number of nitrogens with one attached hydrogen (secondary N) is 2. The highest BCUT2D eigenvalue weighted by molar-refractivity contribution is 7.99. The lowest BCUT2D eigenvalue weighted by molar-refractivity contribution is -0.113. The second-order valence-corrected chi connectivity index (χ2v) is 6.59. The fourth-order valence-electron chi connectivity index (χ4n) is 2.38. The number of anilines is 1. The Hall–Kier alpha value is -1.00. The number of rotatable bonds is 5. The lowest BCUT2D eigenvalue weighted by Gasteiger charge is -2.21. The molecule has 0 unspecified atom stereocenters. The minimum atomic E-state index is 0.104. The molecule has 20 heavy (non-hydrogen) atoms. The van der Waals surface area contributed by atoms with Gasteiger partial charge in [-0.1, -0.05) is 6.07 Å². The molecule has 1 aromatic rings. The Kier molecular flexibility index (Phi) is 5.92. The van der Waals surface area contributed by atoms with Gasteiger partial charge in [-0.15, -0.1) is 0 Å². The summed E-state index contributed by atoms with van der Waals surface area (Å²) in [7, 11) is 0. The fraction of sp³-hybridized carbons (Fsp3) is 0.562. The molecule has 1 saturated heterocycles. The monoisotopic (exact) mass is 292 g/mol. The molecule has 1 aliphatic rings. The maximum absolute atomic E-state index is 11.9. The highest BCUT2D eigenvalue weighted by Gasteiger charge is 2.13. The first kappa shape index (κ1) is 15.4. The second kappa shape index (κ2) is 7.70. The van der Waals surface area contributed by atoms with Gasteiger partial charge in [0, 0.05) is 5.69 Å². The molecule has 1 aliphatic heterocycles. The molecule has 3 nitrogen and oxygen atoms in total. The standard InChI is InChI=1S/C16H24N2OS/c1-12-3-4-15(9-13(12)2)18-16(19)11-20-10-14-5-7-17-8-6-14/h3-4,9,14,17H,5-8,10-11H2,1-2H3,(H,18,19). The predicted octanol–water partition coefficient (Wildman–Crippen LogP) is 2.97. The third-order valence-electron chi connectivity index (χ3n) is 3.84. The first-order chi connectivity index (χ1) is 9.65. The van der Waals surface area contributed by atoms with Gasteiger partial charge >= 0.3 is 0 Å². The van der Waals surface area contributed by atoms with Crippen molar-refractivity contribution in [2.24, 2.45) is 5.92 Å². The van der Waals surface area contributed by atoms with E-state index in [0.29, 0.717) is 5.75 Å². The lowest BCUT2D eigenvalue weighted by atomic mass is 10.0. The maximum Gasteiger partial charge on any atom is 0.234 e. The Morgan fingerprint density at radius 2 is 2.05 bits per heavy atom. The van der Waals surface area contributed by atoms with E-state index in [0.717, 1.165) is 30.4 Å². The Labute approximate surface area is 125 Å². The molecule has 2 rings (SSSR count). The van der Waals surface area contributed by atoms with Crippen LogP contribution in [0, 0.1) is 19.8 Å². The van der Waals surface area contributed by atoms with Crippen LogP contribution in [0.1, 0.15) is 24.0 Å². The molecule has 0 saturated carbocycles. The van der Waals surface area contributed by atoms with E-state index in [4.69, 9.17) is 0 Å².